The number of aromatic nitrogens is 5. The van der Waals surface area contributed by atoms with E-state index in [2.05, 4.69) is 15.1 Å². The van der Waals surface area contributed by atoms with Gasteiger partial charge >= 0.3 is 11.9 Å². The van der Waals surface area contributed by atoms with E-state index in [9.17, 15) is 22.8 Å². The van der Waals surface area contributed by atoms with E-state index >= 15 is 0 Å². The zero-order chi connectivity index (χ0) is 20.1. The Labute approximate surface area is 152 Å². The number of pyridine rings is 1. The van der Waals surface area contributed by atoms with Crippen molar-refractivity contribution in [3.63, 3.8) is 0 Å². The van der Waals surface area contributed by atoms with Gasteiger partial charge in [0.05, 0.1) is 11.6 Å². The molecule has 0 amide bonds. The van der Waals surface area contributed by atoms with Gasteiger partial charge in [-0.3, -0.25) is 13.9 Å². The number of furan rings is 1. The summed E-state index contributed by atoms with van der Waals surface area (Å²) in [4.78, 5) is 32.6. The molecule has 0 aliphatic carbocycles. The lowest BCUT2D eigenvalue weighted by molar-refractivity contribution is -0.141. The second-order valence-electron chi connectivity index (χ2n) is 5.79. The zero-order valence-corrected chi connectivity index (χ0v) is 14.1. The van der Waals surface area contributed by atoms with Crippen LogP contribution in [0.25, 0.3) is 22.6 Å². The molecule has 144 valence electrons. The quantitative estimate of drug-likeness (QED) is 0.522. The summed E-state index contributed by atoms with van der Waals surface area (Å²) >= 11 is 0. The van der Waals surface area contributed by atoms with Crippen LogP contribution in [0.1, 0.15) is 11.6 Å². The molecule has 0 spiro atoms. The van der Waals surface area contributed by atoms with Gasteiger partial charge in [-0.25, -0.2) is 9.78 Å². The molecule has 0 unspecified atom stereocenters. The summed E-state index contributed by atoms with van der Waals surface area (Å²) in [7, 11) is 1.22. The Morgan fingerprint density at radius 2 is 1.93 bits per heavy atom. The second kappa shape index (κ2) is 6.18. The van der Waals surface area contributed by atoms with Crippen molar-refractivity contribution in [1.29, 1.82) is 0 Å². The standard InChI is InChI=1S/C16H10F3N5O4/c1-23-13-8(4-5-10(20-13)16(17,18)19)14(25)24(15(23)26)7-11-21-12(22-28-11)9-3-2-6-27-9/h2-6H,7H2,1H3. The average molecular weight is 393 g/mol. The van der Waals surface area contributed by atoms with Crippen molar-refractivity contribution in [1.82, 2.24) is 24.3 Å². The summed E-state index contributed by atoms with van der Waals surface area (Å²) in [6.07, 6.45) is -3.29. The Bertz CT molecular complexity index is 1280. The Morgan fingerprint density at radius 3 is 2.61 bits per heavy atom. The first-order valence-electron chi connectivity index (χ1n) is 7.80. The molecule has 0 N–H and O–H groups in total. The molecule has 28 heavy (non-hydrogen) atoms. The summed E-state index contributed by atoms with van der Waals surface area (Å²) in [5.41, 5.74) is -3.27. The first kappa shape index (κ1) is 17.7. The molecule has 0 saturated heterocycles. The predicted octanol–water partition coefficient (Wildman–Crippen LogP) is 1.81. The highest BCUT2D eigenvalue weighted by atomic mass is 19.4. The van der Waals surface area contributed by atoms with Crippen LogP contribution < -0.4 is 11.2 Å². The SMILES string of the molecule is Cn1c(=O)n(Cc2nc(-c3ccco3)no2)c(=O)c2ccc(C(F)(F)F)nc21. The maximum Gasteiger partial charge on any atom is 0.433 e. The van der Waals surface area contributed by atoms with Crippen LogP contribution in [-0.2, 0) is 19.8 Å². The molecule has 4 aromatic rings. The molecule has 9 nitrogen and oxygen atoms in total. The van der Waals surface area contributed by atoms with Crippen LogP contribution in [0.4, 0.5) is 13.2 Å². The number of hydrogen-bond donors (Lipinski definition) is 0. The van der Waals surface area contributed by atoms with E-state index in [4.69, 9.17) is 8.94 Å². The number of halogens is 3. The number of fused-ring (bicyclic) bond motifs is 1. The largest absolute Gasteiger partial charge is 0.461 e. The summed E-state index contributed by atoms with van der Waals surface area (Å²) < 4.78 is 50.4. The van der Waals surface area contributed by atoms with E-state index in [0.29, 0.717) is 11.8 Å². The highest BCUT2D eigenvalue weighted by Gasteiger charge is 2.33. The molecule has 0 saturated carbocycles. The molecular formula is C16H10F3N5O4. The van der Waals surface area contributed by atoms with E-state index in [1.54, 1.807) is 12.1 Å². The normalized spacial score (nSPS) is 12.0. The summed E-state index contributed by atoms with van der Waals surface area (Å²) in [5, 5.41) is 3.54. The minimum atomic E-state index is -4.70. The molecule has 4 rings (SSSR count). The van der Waals surface area contributed by atoms with Crippen LogP contribution in [-0.4, -0.2) is 24.3 Å². The highest BCUT2D eigenvalue weighted by Crippen LogP contribution is 2.28. The molecule has 0 aliphatic rings. The van der Waals surface area contributed by atoms with E-state index < -0.39 is 23.1 Å². The van der Waals surface area contributed by atoms with Crippen LogP contribution >= 0.6 is 0 Å². The lowest BCUT2D eigenvalue weighted by Crippen LogP contribution is -2.39. The molecule has 0 aromatic carbocycles. The molecule has 12 heteroatoms. The van der Waals surface area contributed by atoms with Crippen molar-refractivity contribution >= 4 is 11.0 Å². The third kappa shape index (κ3) is 2.88. The maximum atomic E-state index is 12.9. The summed E-state index contributed by atoms with van der Waals surface area (Å²) in [6.45, 7) is -0.365. The molecule has 0 radical (unpaired) electrons. The second-order valence-corrected chi connectivity index (χ2v) is 5.79. The predicted molar refractivity (Wildman–Crippen MR) is 87.3 cm³/mol. The Hall–Kier alpha value is -3.70. The topological polar surface area (TPSA) is 109 Å². The van der Waals surface area contributed by atoms with Crippen molar-refractivity contribution in [3.05, 3.63) is 63.0 Å². The number of alkyl halides is 3. The lowest BCUT2D eigenvalue weighted by atomic mass is 10.2. The van der Waals surface area contributed by atoms with Crippen LogP contribution in [0.5, 0.6) is 0 Å². The zero-order valence-electron chi connectivity index (χ0n) is 14.1. The van der Waals surface area contributed by atoms with Gasteiger partial charge in [-0.05, 0) is 24.3 Å². The number of rotatable bonds is 3. The van der Waals surface area contributed by atoms with Crippen molar-refractivity contribution in [2.24, 2.45) is 7.05 Å². The van der Waals surface area contributed by atoms with Gasteiger partial charge in [0.1, 0.15) is 17.9 Å². The van der Waals surface area contributed by atoms with Crippen LogP contribution in [0.2, 0.25) is 0 Å². The highest BCUT2D eigenvalue weighted by molar-refractivity contribution is 5.74. The minimum Gasteiger partial charge on any atom is -0.461 e. The van der Waals surface area contributed by atoms with E-state index in [-0.39, 0.29) is 29.3 Å². The van der Waals surface area contributed by atoms with E-state index in [1.165, 1.54) is 13.3 Å². The summed E-state index contributed by atoms with van der Waals surface area (Å²) in [5.74, 6) is 0.407. The third-order valence-corrected chi connectivity index (χ3v) is 3.98. The Kier molecular flexibility index (Phi) is 3.91. The van der Waals surface area contributed by atoms with Gasteiger partial charge in [-0.2, -0.15) is 18.2 Å². The van der Waals surface area contributed by atoms with E-state index in [1.807, 2.05) is 0 Å². The molecule has 4 heterocycles. The van der Waals surface area contributed by atoms with Gasteiger partial charge in [0, 0.05) is 7.05 Å². The van der Waals surface area contributed by atoms with Crippen molar-refractivity contribution in [3.8, 4) is 11.6 Å². The van der Waals surface area contributed by atoms with Crippen molar-refractivity contribution in [2.45, 2.75) is 12.7 Å². The van der Waals surface area contributed by atoms with Gasteiger partial charge in [-0.15, -0.1) is 0 Å². The fourth-order valence-corrected chi connectivity index (χ4v) is 2.63. The molecule has 0 aliphatic heterocycles. The first-order chi connectivity index (χ1) is 13.3. The van der Waals surface area contributed by atoms with Crippen LogP contribution in [0, 0.1) is 0 Å². The third-order valence-electron chi connectivity index (χ3n) is 3.98. The molecule has 0 fully saturated rings. The van der Waals surface area contributed by atoms with E-state index in [0.717, 1.165) is 15.2 Å². The van der Waals surface area contributed by atoms with Crippen molar-refractivity contribution < 1.29 is 22.1 Å². The molecular weight excluding hydrogens is 383 g/mol. The van der Waals surface area contributed by atoms with Gasteiger partial charge in [-0.1, -0.05) is 5.16 Å². The fraction of sp³-hybridized carbons (Fsp3) is 0.188. The van der Waals surface area contributed by atoms with Crippen molar-refractivity contribution in [2.75, 3.05) is 0 Å². The van der Waals surface area contributed by atoms with Gasteiger partial charge in [0.25, 0.3) is 5.56 Å². The minimum absolute atomic E-state index is 0.0511. The van der Waals surface area contributed by atoms with Gasteiger partial charge < -0.3 is 8.94 Å². The smallest absolute Gasteiger partial charge is 0.433 e. The number of nitrogens with zero attached hydrogens (tertiary/aromatic N) is 5. The van der Waals surface area contributed by atoms with Crippen LogP contribution in [0.3, 0.4) is 0 Å². The fourth-order valence-electron chi connectivity index (χ4n) is 2.63. The van der Waals surface area contributed by atoms with Gasteiger partial charge in [0.2, 0.25) is 11.7 Å². The Morgan fingerprint density at radius 1 is 1.14 bits per heavy atom. The number of hydrogen-bond acceptors (Lipinski definition) is 7. The van der Waals surface area contributed by atoms with Crippen LogP contribution in [0.15, 0.2) is 49.1 Å². The maximum absolute atomic E-state index is 12.9. The average Bonchev–Trinajstić information content (AvgIpc) is 3.33. The monoisotopic (exact) mass is 393 g/mol. The molecule has 0 atom stereocenters. The Balaban J connectivity index is 1.80. The summed E-state index contributed by atoms with van der Waals surface area (Å²) in [6, 6.07) is 4.88. The molecule has 0 bridgehead atoms. The number of aryl methyl sites for hydroxylation is 1. The first-order valence-corrected chi connectivity index (χ1v) is 7.80. The lowest BCUT2D eigenvalue weighted by Gasteiger charge is -2.11. The van der Waals surface area contributed by atoms with Gasteiger partial charge in [0.15, 0.2) is 5.76 Å². The molecule has 4 aromatic heterocycles.